The molecule has 0 amide bonds. The average molecular weight is 197 g/mol. The highest BCUT2D eigenvalue weighted by Crippen LogP contribution is 2.22. The van der Waals surface area contributed by atoms with E-state index in [0.717, 1.165) is 0 Å². The van der Waals surface area contributed by atoms with E-state index in [1.54, 1.807) is 24.3 Å². The maximum absolute atomic E-state index is 12.6. The third-order valence-electron chi connectivity index (χ3n) is 2.07. The first-order valence-corrected chi connectivity index (χ1v) is 4.09. The van der Waals surface area contributed by atoms with Crippen LogP contribution in [-0.4, -0.2) is 18.7 Å². The molecule has 1 heterocycles. The summed E-state index contributed by atoms with van der Waals surface area (Å²) >= 11 is 0. The Kier molecular flexibility index (Phi) is 2.03. The highest BCUT2D eigenvalue weighted by Gasteiger charge is 2.41. The van der Waals surface area contributed by atoms with E-state index in [-0.39, 0.29) is 0 Å². The van der Waals surface area contributed by atoms with Crippen molar-refractivity contribution in [3.63, 3.8) is 0 Å². The number of para-hydroxylation sites is 2. The van der Waals surface area contributed by atoms with Crippen molar-refractivity contribution in [1.82, 2.24) is 0 Å². The molecule has 2 rings (SSSR count). The molecule has 1 aromatic rings. The van der Waals surface area contributed by atoms with Gasteiger partial charge in [0, 0.05) is 0 Å². The van der Waals surface area contributed by atoms with Crippen LogP contribution >= 0.6 is 0 Å². The van der Waals surface area contributed by atoms with E-state index in [0.29, 0.717) is 10.7 Å². The molecule has 0 aliphatic carbocycles. The van der Waals surface area contributed by atoms with Crippen molar-refractivity contribution in [2.24, 2.45) is 9.98 Å². The molecule has 1 radical (unpaired) electrons. The van der Waals surface area contributed by atoms with Gasteiger partial charge in [0.15, 0.2) is 0 Å². The summed E-state index contributed by atoms with van der Waals surface area (Å²) in [6.45, 7) is -1.03. The molecule has 1 aromatic carbocycles. The first-order valence-electron chi connectivity index (χ1n) is 4.09. The molecule has 0 saturated carbocycles. The van der Waals surface area contributed by atoms with E-state index in [4.69, 9.17) is 0 Å². The van der Waals surface area contributed by atoms with Crippen molar-refractivity contribution < 1.29 is 13.9 Å². The fourth-order valence-corrected chi connectivity index (χ4v) is 1.32. The molecule has 73 valence electrons. The molecule has 0 atom stereocenters. The smallest absolute Gasteiger partial charge is 0.245 e. The normalized spacial score (nSPS) is 17.4. The number of alkyl halides is 2. The van der Waals surface area contributed by atoms with Crippen molar-refractivity contribution in [3.05, 3.63) is 35.0 Å². The minimum Gasteiger partial charge on any atom is -0.245 e. The number of halogens is 2. The topological polar surface area (TPSA) is 44.6 Å². The third-order valence-corrected chi connectivity index (χ3v) is 2.07. The van der Waals surface area contributed by atoms with E-state index < -0.39 is 18.7 Å². The van der Waals surface area contributed by atoms with Gasteiger partial charge in [-0.2, -0.15) is 0 Å². The van der Waals surface area contributed by atoms with Crippen LogP contribution in [0, 0.1) is 0 Å². The van der Waals surface area contributed by atoms with E-state index >= 15 is 0 Å². The number of nitrogens with zero attached hydrogens (tertiary/aromatic N) is 2. The largest absolute Gasteiger partial charge is 0.285 e. The zero-order valence-electron chi connectivity index (χ0n) is 7.15. The third kappa shape index (κ3) is 1.21. The maximum Gasteiger partial charge on any atom is 0.285 e. The first kappa shape index (κ1) is 9.21. The summed E-state index contributed by atoms with van der Waals surface area (Å²) in [7, 11) is 0. The predicted octanol–water partition coefficient (Wildman–Crippen LogP) is 0.331. The number of benzene rings is 1. The quantitative estimate of drug-likeness (QED) is 0.656. The van der Waals surface area contributed by atoms with Gasteiger partial charge in [0.1, 0.15) is 6.61 Å². The Labute approximate surface area is 78.4 Å². The maximum atomic E-state index is 12.6. The highest BCUT2D eigenvalue weighted by molar-refractivity contribution is 5.08. The van der Waals surface area contributed by atoms with Gasteiger partial charge >= 0.3 is 0 Å². The van der Waals surface area contributed by atoms with E-state index in [9.17, 15) is 13.9 Å². The summed E-state index contributed by atoms with van der Waals surface area (Å²) < 4.78 is 25.1. The lowest BCUT2D eigenvalue weighted by molar-refractivity contribution is 0.00242. The molecule has 5 heteroatoms. The van der Waals surface area contributed by atoms with Crippen LogP contribution in [0.4, 0.5) is 8.78 Å². The minimum absolute atomic E-state index is 0.364. The molecule has 3 nitrogen and oxygen atoms in total. The van der Waals surface area contributed by atoms with E-state index in [2.05, 4.69) is 9.98 Å². The lowest BCUT2D eigenvalue weighted by Gasteiger charge is -2.17. The van der Waals surface area contributed by atoms with E-state index in [1.165, 1.54) is 0 Å². The van der Waals surface area contributed by atoms with Crippen LogP contribution in [0.3, 0.4) is 0 Å². The SMILES string of the molecule is [O]CC1(C(F)F)N=c2ccccc2=N1. The Morgan fingerprint density at radius 2 is 1.71 bits per heavy atom. The number of hydrogen-bond donors (Lipinski definition) is 0. The van der Waals surface area contributed by atoms with Crippen molar-refractivity contribution in [1.29, 1.82) is 0 Å². The molecule has 0 bridgehead atoms. The molecule has 1 aliphatic heterocycles. The van der Waals surface area contributed by atoms with Gasteiger partial charge in [0.05, 0.1) is 10.7 Å². The van der Waals surface area contributed by atoms with Crippen molar-refractivity contribution in [2.45, 2.75) is 12.1 Å². The monoisotopic (exact) mass is 197 g/mol. The summed E-state index contributed by atoms with van der Waals surface area (Å²) in [5, 5.41) is 11.4. The zero-order chi connectivity index (χ0) is 10.2. The number of fused-ring (bicyclic) bond motifs is 1. The van der Waals surface area contributed by atoms with Gasteiger partial charge in [0.2, 0.25) is 5.66 Å². The van der Waals surface area contributed by atoms with Gasteiger partial charge in [-0.05, 0) is 12.1 Å². The van der Waals surface area contributed by atoms with Crippen LogP contribution in [0.15, 0.2) is 34.3 Å². The van der Waals surface area contributed by atoms with Gasteiger partial charge in [-0.15, -0.1) is 0 Å². The molecule has 0 aromatic heterocycles. The lowest BCUT2D eigenvalue weighted by atomic mass is 10.2. The highest BCUT2D eigenvalue weighted by atomic mass is 19.3. The Balaban J connectivity index is 2.62. The Morgan fingerprint density at radius 1 is 1.21 bits per heavy atom. The van der Waals surface area contributed by atoms with Crippen LogP contribution in [-0.2, 0) is 5.11 Å². The molecule has 0 fully saturated rings. The summed E-state index contributed by atoms with van der Waals surface area (Å²) in [6, 6.07) is 6.48. The van der Waals surface area contributed by atoms with Crippen LogP contribution in [0.5, 0.6) is 0 Å². The van der Waals surface area contributed by atoms with Crippen molar-refractivity contribution in [3.8, 4) is 0 Å². The molecular formula is C9H7F2N2O. The second-order valence-electron chi connectivity index (χ2n) is 3.04. The average Bonchev–Trinajstić information content (AvgIpc) is 2.57. The van der Waals surface area contributed by atoms with E-state index in [1.807, 2.05) is 0 Å². The Hall–Kier alpha value is -1.36. The minimum atomic E-state index is -2.85. The molecule has 0 N–H and O–H groups in total. The fraction of sp³-hybridized carbons (Fsp3) is 0.333. The van der Waals surface area contributed by atoms with Crippen molar-refractivity contribution in [2.75, 3.05) is 6.61 Å². The fourth-order valence-electron chi connectivity index (χ4n) is 1.32. The van der Waals surface area contributed by atoms with Crippen LogP contribution < -0.4 is 10.7 Å². The van der Waals surface area contributed by atoms with Crippen LogP contribution in [0.25, 0.3) is 0 Å². The summed E-state index contributed by atoms with van der Waals surface area (Å²) in [6.07, 6.45) is -2.85. The second kappa shape index (κ2) is 3.09. The summed E-state index contributed by atoms with van der Waals surface area (Å²) in [5.74, 6) is 0. The molecule has 1 aliphatic rings. The van der Waals surface area contributed by atoms with Gasteiger partial charge < -0.3 is 0 Å². The second-order valence-corrected chi connectivity index (χ2v) is 3.04. The molecular weight excluding hydrogens is 190 g/mol. The molecule has 0 spiro atoms. The molecule has 0 saturated heterocycles. The first-order chi connectivity index (χ1) is 6.68. The summed E-state index contributed by atoms with van der Waals surface area (Å²) in [5.41, 5.74) is -2.09. The van der Waals surface area contributed by atoms with Gasteiger partial charge in [-0.3, -0.25) is 0 Å². The van der Waals surface area contributed by atoms with Crippen LogP contribution in [0.1, 0.15) is 0 Å². The number of rotatable bonds is 2. The predicted molar refractivity (Wildman–Crippen MR) is 43.0 cm³/mol. The number of hydrogen-bond acceptors (Lipinski definition) is 2. The Morgan fingerprint density at radius 3 is 2.07 bits per heavy atom. The standard InChI is InChI=1S/C9H7F2N2O/c10-8(11)9(5-14)12-6-3-1-2-4-7(6)13-9/h1-4,8H,5H2. The summed E-state index contributed by atoms with van der Waals surface area (Å²) in [4.78, 5) is 7.34. The molecule has 0 unspecified atom stereocenters. The van der Waals surface area contributed by atoms with Gasteiger partial charge in [-0.25, -0.2) is 23.9 Å². The van der Waals surface area contributed by atoms with Crippen molar-refractivity contribution >= 4 is 0 Å². The van der Waals surface area contributed by atoms with Gasteiger partial charge in [-0.1, -0.05) is 12.1 Å². The lowest BCUT2D eigenvalue weighted by Crippen LogP contribution is -2.36. The Bertz CT molecular complexity index is 423. The van der Waals surface area contributed by atoms with Crippen LogP contribution in [0.2, 0.25) is 0 Å². The van der Waals surface area contributed by atoms with Gasteiger partial charge in [0.25, 0.3) is 6.43 Å². The zero-order valence-corrected chi connectivity index (χ0v) is 7.15. The molecule has 14 heavy (non-hydrogen) atoms.